The summed E-state index contributed by atoms with van der Waals surface area (Å²) < 4.78 is 33.1. The highest BCUT2D eigenvalue weighted by Crippen LogP contribution is 2.32. The Morgan fingerprint density at radius 3 is 2.65 bits per heavy atom. The second-order valence-corrected chi connectivity index (χ2v) is 10.4. The summed E-state index contributed by atoms with van der Waals surface area (Å²) in [6.07, 6.45) is 5.33. The van der Waals surface area contributed by atoms with E-state index < -0.39 is 10.0 Å². The first kappa shape index (κ1) is 20.3. The predicted octanol–water partition coefficient (Wildman–Crippen LogP) is 4.05. The van der Waals surface area contributed by atoms with E-state index in [4.69, 9.17) is 4.42 Å². The Morgan fingerprint density at radius 2 is 1.84 bits per heavy atom. The fourth-order valence-electron chi connectivity index (χ4n) is 4.66. The van der Waals surface area contributed by atoms with E-state index in [0.717, 1.165) is 59.0 Å². The lowest BCUT2D eigenvalue weighted by atomic mass is 10.0. The number of nitrogens with zero attached hydrogens (tertiary/aromatic N) is 2. The number of aryl methyl sites for hydroxylation is 2. The third-order valence-electron chi connectivity index (χ3n) is 6.33. The number of carbonyl (C=O) groups is 1. The Bertz CT molecular complexity index is 1260. The van der Waals surface area contributed by atoms with Crippen molar-refractivity contribution in [3.05, 3.63) is 59.4 Å². The van der Waals surface area contributed by atoms with Crippen LogP contribution in [0, 0.1) is 6.92 Å². The molecule has 0 saturated carbocycles. The van der Waals surface area contributed by atoms with Crippen molar-refractivity contribution in [2.75, 3.05) is 24.5 Å². The van der Waals surface area contributed by atoms with Gasteiger partial charge in [0.15, 0.2) is 0 Å². The van der Waals surface area contributed by atoms with Gasteiger partial charge in [-0.25, -0.2) is 8.42 Å². The van der Waals surface area contributed by atoms with Crippen molar-refractivity contribution in [3.8, 4) is 0 Å². The third kappa shape index (κ3) is 3.66. The number of furan rings is 1. The molecular formula is C24H26N2O4S. The summed E-state index contributed by atoms with van der Waals surface area (Å²) in [7, 11) is -3.46. The minimum atomic E-state index is -3.46. The highest BCUT2D eigenvalue weighted by atomic mass is 32.2. The quantitative estimate of drug-likeness (QED) is 0.616. The van der Waals surface area contributed by atoms with Gasteiger partial charge in [-0.3, -0.25) is 4.79 Å². The van der Waals surface area contributed by atoms with Crippen molar-refractivity contribution in [2.45, 2.75) is 43.9 Å². The molecule has 3 aromatic rings. The Morgan fingerprint density at radius 1 is 1.03 bits per heavy atom. The zero-order valence-electron chi connectivity index (χ0n) is 17.6. The molecule has 162 valence electrons. The maximum absolute atomic E-state index is 13.2. The van der Waals surface area contributed by atoms with E-state index in [2.05, 4.69) is 0 Å². The zero-order valence-corrected chi connectivity index (χ0v) is 18.5. The lowest BCUT2D eigenvalue weighted by Gasteiger charge is -2.30. The van der Waals surface area contributed by atoms with Gasteiger partial charge in [0.25, 0.3) is 0 Å². The van der Waals surface area contributed by atoms with Crippen LogP contribution in [0.25, 0.3) is 11.0 Å². The monoisotopic (exact) mass is 438 g/mol. The molecule has 6 nitrogen and oxygen atoms in total. The first-order valence-corrected chi connectivity index (χ1v) is 12.3. The smallest absolute Gasteiger partial charge is 0.243 e. The highest BCUT2D eigenvalue weighted by molar-refractivity contribution is 7.89. The summed E-state index contributed by atoms with van der Waals surface area (Å²) in [6.45, 7) is 3.82. The Labute approximate surface area is 182 Å². The molecule has 0 N–H and O–H groups in total. The molecule has 0 bridgehead atoms. The van der Waals surface area contributed by atoms with E-state index in [9.17, 15) is 13.2 Å². The van der Waals surface area contributed by atoms with Crippen LogP contribution in [0.1, 0.15) is 36.0 Å². The van der Waals surface area contributed by atoms with Gasteiger partial charge >= 0.3 is 0 Å². The van der Waals surface area contributed by atoms with Crippen LogP contribution in [-0.2, 0) is 27.7 Å². The SMILES string of the molecule is Cc1ccc2c(CC(=O)N3CCCc4cc(S(=O)(=O)N5CCCC5)ccc43)coc2c1. The van der Waals surface area contributed by atoms with E-state index >= 15 is 0 Å². The van der Waals surface area contributed by atoms with Crippen LogP contribution in [-0.4, -0.2) is 38.3 Å². The maximum Gasteiger partial charge on any atom is 0.243 e. The first-order valence-electron chi connectivity index (χ1n) is 10.8. The number of hydrogen-bond donors (Lipinski definition) is 0. The van der Waals surface area contributed by atoms with Gasteiger partial charge in [-0.1, -0.05) is 12.1 Å². The van der Waals surface area contributed by atoms with Gasteiger partial charge in [-0.15, -0.1) is 0 Å². The van der Waals surface area contributed by atoms with E-state index in [0.29, 0.717) is 24.5 Å². The number of hydrogen-bond acceptors (Lipinski definition) is 4. The second-order valence-electron chi connectivity index (χ2n) is 8.49. The number of carbonyl (C=O) groups excluding carboxylic acids is 1. The molecule has 2 aliphatic heterocycles. The van der Waals surface area contributed by atoms with E-state index in [1.165, 1.54) is 0 Å². The molecule has 0 radical (unpaired) electrons. The van der Waals surface area contributed by atoms with E-state index in [1.807, 2.05) is 25.1 Å². The molecule has 0 aliphatic carbocycles. The molecule has 1 amide bonds. The molecular weight excluding hydrogens is 412 g/mol. The molecule has 2 aromatic carbocycles. The molecule has 7 heteroatoms. The van der Waals surface area contributed by atoms with Crippen molar-refractivity contribution in [1.82, 2.24) is 4.31 Å². The van der Waals surface area contributed by atoms with Crippen molar-refractivity contribution < 1.29 is 17.6 Å². The van der Waals surface area contributed by atoms with Crippen LogP contribution in [0.2, 0.25) is 0 Å². The van der Waals surface area contributed by atoms with Gasteiger partial charge in [-0.2, -0.15) is 4.31 Å². The van der Waals surface area contributed by atoms with Gasteiger partial charge in [0, 0.05) is 36.3 Å². The average Bonchev–Trinajstić information content (AvgIpc) is 3.43. The molecule has 0 atom stereocenters. The number of sulfonamides is 1. The molecule has 5 rings (SSSR count). The molecule has 31 heavy (non-hydrogen) atoms. The summed E-state index contributed by atoms with van der Waals surface area (Å²) >= 11 is 0. The molecule has 3 heterocycles. The van der Waals surface area contributed by atoms with Crippen molar-refractivity contribution in [2.24, 2.45) is 0 Å². The van der Waals surface area contributed by atoms with E-state index in [1.54, 1.807) is 33.7 Å². The number of fused-ring (bicyclic) bond motifs is 2. The lowest BCUT2D eigenvalue weighted by Crippen LogP contribution is -2.36. The summed E-state index contributed by atoms with van der Waals surface area (Å²) in [5.74, 6) is -0.000579. The average molecular weight is 439 g/mol. The Kier molecular flexibility index (Phi) is 5.10. The molecule has 2 aliphatic rings. The van der Waals surface area contributed by atoms with Crippen molar-refractivity contribution >= 4 is 32.6 Å². The van der Waals surface area contributed by atoms with Crippen LogP contribution >= 0.6 is 0 Å². The summed E-state index contributed by atoms with van der Waals surface area (Å²) in [5.41, 5.74) is 4.52. The topological polar surface area (TPSA) is 70.8 Å². The van der Waals surface area contributed by atoms with Gasteiger partial charge in [0.05, 0.1) is 17.6 Å². The van der Waals surface area contributed by atoms with Gasteiger partial charge in [-0.05, 0) is 68.0 Å². The van der Waals surface area contributed by atoms with Gasteiger partial charge in [0.1, 0.15) is 5.58 Å². The molecule has 1 aromatic heterocycles. The normalized spacial score (nSPS) is 17.3. The van der Waals surface area contributed by atoms with Crippen LogP contribution in [0.4, 0.5) is 5.69 Å². The fourth-order valence-corrected chi connectivity index (χ4v) is 6.22. The number of benzene rings is 2. The predicted molar refractivity (Wildman–Crippen MR) is 120 cm³/mol. The minimum absolute atomic E-state index is 0.000579. The summed E-state index contributed by atoms with van der Waals surface area (Å²) in [6, 6.07) is 11.2. The largest absolute Gasteiger partial charge is 0.464 e. The second kappa shape index (κ2) is 7.80. The third-order valence-corrected chi connectivity index (χ3v) is 8.22. The maximum atomic E-state index is 13.2. The fraction of sp³-hybridized carbons (Fsp3) is 0.375. The summed E-state index contributed by atoms with van der Waals surface area (Å²) in [5, 5.41) is 0.961. The first-order chi connectivity index (χ1) is 14.9. The van der Waals surface area contributed by atoms with Gasteiger partial charge in [0.2, 0.25) is 15.9 Å². The Balaban J connectivity index is 1.41. The summed E-state index contributed by atoms with van der Waals surface area (Å²) in [4.78, 5) is 15.3. The van der Waals surface area contributed by atoms with Crippen LogP contribution < -0.4 is 4.90 Å². The van der Waals surface area contributed by atoms with Crippen LogP contribution in [0.3, 0.4) is 0 Å². The minimum Gasteiger partial charge on any atom is -0.464 e. The molecule has 0 unspecified atom stereocenters. The molecule has 1 fully saturated rings. The van der Waals surface area contributed by atoms with Gasteiger partial charge < -0.3 is 9.32 Å². The zero-order chi connectivity index (χ0) is 21.6. The number of anilines is 1. The number of rotatable bonds is 4. The number of amides is 1. The van der Waals surface area contributed by atoms with Crippen molar-refractivity contribution in [1.29, 1.82) is 0 Å². The lowest BCUT2D eigenvalue weighted by molar-refractivity contribution is -0.118. The van der Waals surface area contributed by atoms with Crippen LogP contribution in [0.15, 0.2) is 52.0 Å². The van der Waals surface area contributed by atoms with E-state index in [-0.39, 0.29) is 12.3 Å². The standard InChI is InChI=1S/C24H26N2O4S/c1-17-6-8-21-19(16-30-23(21)13-17)15-24(27)26-12-4-5-18-14-20(7-9-22(18)26)31(28,29)25-10-2-3-11-25/h6-9,13-14,16H,2-5,10-12,15H2,1H3. The Hall–Kier alpha value is -2.64. The van der Waals surface area contributed by atoms with Crippen LogP contribution in [0.5, 0.6) is 0 Å². The highest BCUT2D eigenvalue weighted by Gasteiger charge is 2.30. The molecule has 1 saturated heterocycles. The van der Waals surface area contributed by atoms with Crippen molar-refractivity contribution in [3.63, 3.8) is 0 Å². The molecule has 0 spiro atoms.